The minimum Gasteiger partial charge on any atom is -0.507 e. The summed E-state index contributed by atoms with van der Waals surface area (Å²) in [4.78, 5) is 0. The van der Waals surface area contributed by atoms with E-state index in [1.807, 2.05) is 12.1 Å². The molecule has 0 bridgehead atoms. The van der Waals surface area contributed by atoms with Gasteiger partial charge in [0.1, 0.15) is 5.75 Å². The van der Waals surface area contributed by atoms with Crippen molar-refractivity contribution in [2.75, 3.05) is 0 Å². The van der Waals surface area contributed by atoms with Crippen molar-refractivity contribution in [2.45, 2.75) is 53.9 Å². The van der Waals surface area contributed by atoms with Crippen molar-refractivity contribution < 1.29 is 5.11 Å². The van der Waals surface area contributed by atoms with E-state index in [2.05, 4.69) is 54.5 Å². The molecule has 0 saturated heterocycles. The quantitative estimate of drug-likeness (QED) is 0.719. The molecule has 1 aliphatic rings. The summed E-state index contributed by atoms with van der Waals surface area (Å²) in [5.41, 5.74) is 7.35. The first kappa shape index (κ1) is 14.9. The smallest absolute Gasteiger partial charge is 0.126 e. The number of aromatic hydroxyl groups is 1. The molecule has 0 heterocycles. The average molecular weight is 270 g/mol. The van der Waals surface area contributed by atoms with Gasteiger partial charge < -0.3 is 5.11 Å². The molecule has 1 atom stereocenters. The van der Waals surface area contributed by atoms with Gasteiger partial charge in [-0.2, -0.15) is 0 Å². The van der Waals surface area contributed by atoms with Crippen LogP contribution in [-0.4, -0.2) is 5.11 Å². The SMILES string of the molecule is CC1=C(C)C(C)C(c2cccc(C(C)(C)C)c2O)=C1C. The van der Waals surface area contributed by atoms with Gasteiger partial charge in [-0.1, -0.05) is 51.5 Å². The lowest BCUT2D eigenvalue weighted by molar-refractivity contribution is 0.444. The topological polar surface area (TPSA) is 20.2 Å². The molecular weight excluding hydrogens is 244 g/mol. The molecule has 1 aromatic rings. The summed E-state index contributed by atoms with van der Waals surface area (Å²) in [7, 11) is 0. The highest BCUT2D eigenvalue weighted by Gasteiger charge is 2.28. The Morgan fingerprint density at radius 1 is 1.00 bits per heavy atom. The van der Waals surface area contributed by atoms with E-state index >= 15 is 0 Å². The fourth-order valence-electron chi connectivity index (χ4n) is 3.17. The van der Waals surface area contributed by atoms with E-state index in [4.69, 9.17) is 0 Å². The third kappa shape index (κ3) is 2.19. The summed E-state index contributed by atoms with van der Waals surface area (Å²) in [5, 5.41) is 10.7. The molecule has 1 aliphatic carbocycles. The Morgan fingerprint density at radius 2 is 1.60 bits per heavy atom. The number of allylic oxidation sites excluding steroid dienone is 4. The van der Waals surface area contributed by atoms with Crippen LogP contribution in [0, 0.1) is 5.92 Å². The zero-order chi connectivity index (χ0) is 15.2. The molecule has 20 heavy (non-hydrogen) atoms. The third-order valence-electron chi connectivity index (χ3n) is 4.77. The molecule has 1 unspecified atom stereocenters. The molecule has 0 saturated carbocycles. The van der Waals surface area contributed by atoms with Gasteiger partial charge in [0.25, 0.3) is 0 Å². The molecule has 1 aromatic carbocycles. The van der Waals surface area contributed by atoms with Crippen molar-refractivity contribution in [1.29, 1.82) is 0 Å². The normalized spacial score (nSPS) is 20.1. The molecule has 0 amide bonds. The Balaban J connectivity index is 2.63. The number of para-hydroxylation sites is 1. The molecule has 0 aliphatic heterocycles. The van der Waals surface area contributed by atoms with E-state index in [9.17, 15) is 5.11 Å². The van der Waals surface area contributed by atoms with Crippen LogP contribution in [0.15, 0.2) is 34.9 Å². The van der Waals surface area contributed by atoms with Gasteiger partial charge in [0.15, 0.2) is 0 Å². The van der Waals surface area contributed by atoms with E-state index in [0.717, 1.165) is 11.1 Å². The average Bonchev–Trinajstić information content (AvgIpc) is 2.54. The third-order valence-corrected chi connectivity index (χ3v) is 4.77. The Labute approximate surface area is 123 Å². The fourth-order valence-corrected chi connectivity index (χ4v) is 3.17. The van der Waals surface area contributed by atoms with Crippen LogP contribution in [0.3, 0.4) is 0 Å². The highest BCUT2D eigenvalue weighted by Crippen LogP contribution is 2.46. The number of hydrogen-bond acceptors (Lipinski definition) is 1. The Hall–Kier alpha value is -1.50. The highest BCUT2D eigenvalue weighted by molar-refractivity contribution is 5.83. The van der Waals surface area contributed by atoms with Crippen molar-refractivity contribution >= 4 is 5.57 Å². The lowest BCUT2D eigenvalue weighted by Crippen LogP contribution is -2.12. The molecular formula is C19H26O. The van der Waals surface area contributed by atoms with Gasteiger partial charge in [0, 0.05) is 11.5 Å². The molecule has 0 radical (unpaired) electrons. The van der Waals surface area contributed by atoms with E-state index in [1.165, 1.54) is 22.3 Å². The second-order valence-electron chi connectivity index (χ2n) is 7.02. The number of phenols is 1. The standard InChI is InChI=1S/C19H26O/c1-11-12(2)14(4)17(13(11)3)15-9-8-10-16(18(15)20)19(5,6)7/h8-10,13,20H,1-7H3. The zero-order valence-electron chi connectivity index (χ0n) is 13.8. The van der Waals surface area contributed by atoms with Gasteiger partial charge in [0.05, 0.1) is 0 Å². The van der Waals surface area contributed by atoms with Crippen molar-refractivity contribution in [1.82, 2.24) is 0 Å². The van der Waals surface area contributed by atoms with Crippen LogP contribution in [0.5, 0.6) is 5.75 Å². The second kappa shape index (κ2) is 4.80. The molecule has 1 nitrogen and oxygen atoms in total. The minimum absolute atomic E-state index is 0.0477. The number of rotatable bonds is 1. The molecule has 1 N–H and O–H groups in total. The summed E-state index contributed by atoms with van der Waals surface area (Å²) in [6, 6.07) is 6.14. The molecule has 0 fully saturated rings. The molecule has 2 rings (SSSR count). The Kier molecular flexibility index (Phi) is 3.58. The molecule has 1 heteroatoms. The van der Waals surface area contributed by atoms with Crippen LogP contribution >= 0.6 is 0 Å². The van der Waals surface area contributed by atoms with E-state index in [1.54, 1.807) is 0 Å². The Bertz CT molecular complexity index is 609. The zero-order valence-corrected chi connectivity index (χ0v) is 13.8. The maximum absolute atomic E-state index is 10.7. The van der Waals surface area contributed by atoms with E-state index < -0.39 is 0 Å². The first-order valence-electron chi connectivity index (χ1n) is 7.37. The maximum Gasteiger partial charge on any atom is 0.126 e. The number of phenolic OH excluding ortho intramolecular Hbond substituents is 1. The van der Waals surface area contributed by atoms with E-state index in [-0.39, 0.29) is 5.41 Å². The van der Waals surface area contributed by atoms with Gasteiger partial charge >= 0.3 is 0 Å². The van der Waals surface area contributed by atoms with Crippen molar-refractivity contribution in [3.8, 4) is 5.75 Å². The summed E-state index contributed by atoms with van der Waals surface area (Å²) in [5.74, 6) is 0.833. The lowest BCUT2D eigenvalue weighted by Gasteiger charge is -2.23. The van der Waals surface area contributed by atoms with Crippen LogP contribution in [0.2, 0.25) is 0 Å². The summed E-state index contributed by atoms with van der Waals surface area (Å²) >= 11 is 0. The largest absolute Gasteiger partial charge is 0.507 e. The molecule has 0 spiro atoms. The van der Waals surface area contributed by atoms with Crippen LogP contribution in [-0.2, 0) is 5.41 Å². The number of benzene rings is 1. The lowest BCUT2D eigenvalue weighted by atomic mass is 9.82. The summed E-state index contributed by atoms with van der Waals surface area (Å²) in [6.45, 7) is 15.2. The van der Waals surface area contributed by atoms with Crippen LogP contribution in [0.4, 0.5) is 0 Å². The van der Waals surface area contributed by atoms with Gasteiger partial charge in [-0.15, -0.1) is 0 Å². The minimum atomic E-state index is -0.0477. The predicted molar refractivity (Wildman–Crippen MR) is 86.9 cm³/mol. The molecule has 0 aromatic heterocycles. The molecule has 108 valence electrons. The maximum atomic E-state index is 10.7. The Morgan fingerprint density at radius 3 is 2.05 bits per heavy atom. The fraction of sp³-hybridized carbons (Fsp3) is 0.474. The monoisotopic (exact) mass is 270 g/mol. The predicted octanol–water partition coefficient (Wildman–Crippen LogP) is 5.45. The number of hydrogen-bond donors (Lipinski definition) is 1. The van der Waals surface area contributed by atoms with Gasteiger partial charge in [-0.05, 0) is 48.5 Å². The van der Waals surface area contributed by atoms with Crippen LogP contribution < -0.4 is 0 Å². The van der Waals surface area contributed by atoms with Crippen molar-refractivity contribution in [2.24, 2.45) is 5.92 Å². The van der Waals surface area contributed by atoms with Crippen LogP contribution in [0.25, 0.3) is 5.57 Å². The van der Waals surface area contributed by atoms with Gasteiger partial charge in [0.2, 0.25) is 0 Å². The second-order valence-corrected chi connectivity index (χ2v) is 7.02. The summed E-state index contributed by atoms with van der Waals surface area (Å²) < 4.78 is 0. The van der Waals surface area contributed by atoms with E-state index in [0.29, 0.717) is 11.7 Å². The van der Waals surface area contributed by atoms with Crippen molar-refractivity contribution in [3.63, 3.8) is 0 Å². The van der Waals surface area contributed by atoms with Crippen molar-refractivity contribution in [3.05, 3.63) is 46.0 Å². The van der Waals surface area contributed by atoms with Gasteiger partial charge in [-0.3, -0.25) is 0 Å². The first-order valence-corrected chi connectivity index (χ1v) is 7.37. The van der Waals surface area contributed by atoms with Crippen LogP contribution in [0.1, 0.15) is 59.6 Å². The first-order chi connectivity index (χ1) is 9.16. The summed E-state index contributed by atoms with van der Waals surface area (Å²) in [6.07, 6.45) is 0. The highest BCUT2D eigenvalue weighted by atomic mass is 16.3. The van der Waals surface area contributed by atoms with Gasteiger partial charge in [-0.25, -0.2) is 0 Å².